The van der Waals surface area contributed by atoms with Crippen molar-refractivity contribution in [3.8, 4) is 0 Å². The molecule has 0 saturated carbocycles. The van der Waals surface area contributed by atoms with E-state index in [2.05, 4.69) is 54.8 Å². The smallest absolute Gasteiger partial charge is 0.0369 e. The van der Waals surface area contributed by atoms with E-state index in [1.807, 2.05) is 0 Å². The standard InChI is InChI=1S/C16H27N3.ClH/c1-14-5-4-6-15(13-14)19-11-9-18(10-12-19)8-7-16(2,3)17;/h4-6,13H,7-12,17H2,1-3H3;1H. The van der Waals surface area contributed by atoms with Crippen molar-refractivity contribution in [2.24, 2.45) is 5.73 Å². The Labute approximate surface area is 129 Å². The minimum atomic E-state index is -0.0479. The number of benzene rings is 1. The Morgan fingerprint density at radius 3 is 2.35 bits per heavy atom. The highest BCUT2D eigenvalue weighted by atomic mass is 35.5. The van der Waals surface area contributed by atoms with E-state index in [0.29, 0.717) is 0 Å². The van der Waals surface area contributed by atoms with E-state index in [4.69, 9.17) is 5.73 Å². The first-order chi connectivity index (χ1) is 8.94. The number of halogens is 1. The SMILES string of the molecule is Cc1cccc(N2CCN(CCC(C)(C)N)CC2)c1.Cl. The summed E-state index contributed by atoms with van der Waals surface area (Å²) in [5.41, 5.74) is 8.70. The molecular weight excluding hydrogens is 270 g/mol. The minimum Gasteiger partial charge on any atom is -0.369 e. The van der Waals surface area contributed by atoms with Gasteiger partial charge in [0.15, 0.2) is 0 Å². The van der Waals surface area contributed by atoms with Crippen LogP contribution in [0.4, 0.5) is 5.69 Å². The van der Waals surface area contributed by atoms with Crippen molar-refractivity contribution in [1.29, 1.82) is 0 Å². The van der Waals surface area contributed by atoms with Crippen molar-refractivity contribution in [2.75, 3.05) is 37.6 Å². The second kappa shape index (κ2) is 7.30. The predicted octanol–water partition coefficient (Wildman–Crippen LogP) is 2.67. The Morgan fingerprint density at radius 2 is 1.80 bits per heavy atom. The third-order valence-corrected chi connectivity index (χ3v) is 3.81. The lowest BCUT2D eigenvalue weighted by molar-refractivity contribution is 0.236. The highest BCUT2D eigenvalue weighted by Gasteiger charge is 2.19. The van der Waals surface area contributed by atoms with Crippen LogP contribution in [0.15, 0.2) is 24.3 Å². The van der Waals surface area contributed by atoms with Gasteiger partial charge in [0.1, 0.15) is 0 Å². The Kier molecular flexibility index (Phi) is 6.31. The van der Waals surface area contributed by atoms with E-state index >= 15 is 0 Å². The zero-order valence-electron chi connectivity index (χ0n) is 12.9. The van der Waals surface area contributed by atoms with Crippen molar-refractivity contribution >= 4 is 18.1 Å². The fraction of sp³-hybridized carbons (Fsp3) is 0.625. The fourth-order valence-corrected chi connectivity index (χ4v) is 2.50. The lowest BCUT2D eigenvalue weighted by atomic mass is 10.0. The maximum Gasteiger partial charge on any atom is 0.0369 e. The number of hydrogen-bond donors (Lipinski definition) is 1. The molecule has 0 atom stereocenters. The largest absolute Gasteiger partial charge is 0.369 e. The molecule has 4 heteroatoms. The molecule has 114 valence electrons. The van der Waals surface area contributed by atoms with Gasteiger partial charge in [-0.15, -0.1) is 12.4 Å². The summed E-state index contributed by atoms with van der Waals surface area (Å²) in [6.45, 7) is 12.0. The third kappa shape index (κ3) is 5.31. The summed E-state index contributed by atoms with van der Waals surface area (Å²) in [6.07, 6.45) is 1.07. The topological polar surface area (TPSA) is 32.5 Å². The maximum absolute atomic E-state index is 6.05. The number of nitrogens with two attached hydrogens (primary N) is 1. The molecule has 0 aromatic heterocycles. The van der Waals surface area contributed by atoms with Gasteiger partial charge in [0.2, 0.25) is 0 Å². The van der Waals surface area contributed by atoms with Crippen LogP contribution in [0.1, 0.15) is 25.8 Å². The first-order valence-corrected chi connectivity index (χ1v) is 7.27. The minimum absolute atomic E-state index is 0. The van der Waals surface area contributed by atoms with Gasteiger partial charge in [0.25, 0.3) is 0 Å². The molecule has 2 N–H and O–H groups in total. The summed E-state index contributed by atoms with van der Waals surface area (Å²) in [4.78, 5) is 5.01. The molecule has 1 aliphatic rings. The van der Waals surface area contributed by atoms with E-state index < -0.39 is 0 Å². The zero-order valence-corrected chi connectivity index (χ0v) is 13.7. The Bertz CT molecular complexity index is 406. The molecule has 1 heterocycles. The Morgan fingerprint density at radius 1 is 1.15 bits per heavy atom. The number of piperazine rings is 1. The highest BCUT2D eigenvalue weighted by Crippen LogP contribution is 2.18. The second-order valence-electron chi connectivity index (χ2n) is 6.41. The van der Waals surface area contributed by atoms with E-state index in [0.717, 1.165) is 39.1 Å². The highest BCUT2D eigenvalue weighted by molar-refractivity contribution is 5.85. The van der Waals surface area contributed by atoms with Crippen LogP contribution < -0.4 is 10.6 Å². The predicted molar refractivity (Wildman–Crippen MR) is 90.0 cm³/mol. The van der Waals surface area contributed by atoms with Gasteiger partial charge >= 0.3 is 0 Å². The second-order valence-corrected chi connectivity index (χ2v) is 6.41. The van der Waals surface area contributed by atoms with Crippen molar-refractivity contribution < 1.29 is 0 Å². The van der Waals surface area contributed by atoms with Gasteiger partial charge in [-0.2, -0.15) is 0 Å². The molecule has 20 heavy (non-hydrogen) atoms. The van der Waals surface area contributed by atoms with Gasteiger partial charge < -0.3 is 10.6 Å². The van der Waals surface area contributed by atoms with Crippen LogP contribution >= 0.6 is 12.4 Å². The molecule has 1 saturated heterocycles. The molecule has 2 rings (SSSR count). The number of rotatable bonds is 4. The van der Waals surface area contributed by atoms with Crippen LogP contribution in [0.3, 0.4) is 0 Å². The summed E-state index contributed by atoms with van der Waals surface area (Å²) in [6, 6.07) is 8.79. The van der Waals surface area contributed by atoms with Crippen LogP contribution in [0.5, 0.6) is 0 Å². The zero-order chi connectivity index (χ0) is 13.9. The molecular formula is C16H28ClN3. The lowest BCUT2D eigenvalue weighted by Gasteiger charge is -2.37. The first kappa shape index (κ1) is 17.3. The molecule has 1 aromatic carbocycles. The average Bonchev–Trinajstić information content (AvgIpc) is 2.36. The van der Waals surface area contributed by atoms with Crippen LogP contribution in [0.2, 0.25) is 0 Å². The summed E-state index contributed by atoms with van der Waals surface area (Å²) in [7, 11) is 0. The quantitative estimate of drug-likeness (QED) is 0.927. The van der Waals surface area contributed by atoms with Crippen LogP contribution in [0, 0.1) is 6.92 Å². The Hall–Kier alpha value is -0.770. The van der Waals surface area contributed by atoms with Gasteiger partial charge in [0, 0.05) is 44.0 Å². The van der Waals surface area contributed by atoms with Crippen molar-refractivity contribution in [2.45, 2.75) is 32.7 Å². The van der Waals surface area contributed by atoms with Gasteiger partial charge in [-0.3, -0.25) is 4.90 Å². The molecule has 0 aliphatic carbocycles. The van der Waals surface area contributed by atoms with Gasteiger partial charge in [0.05, 0.1) is 0 Å². The molecule has 0 radical (unpaired) electrons. The number of anilines is 1. The lowest BCUT2D eigenvalue weighted by Crippen LogP contribution is -2.48. The molecule has 3 nitrogen and oxygen atoms in total. The van der Waals surface area contributed by atoms with Crippen molar-refractivity contribution in [3.63, 3.8) is 0 Å². The molecule has 1 aliphatic heterocycles. The van der Waals surface area contributed by atoms with E-state index in [1.54, 1.807) is 0 Å². The summed E-state index contributed by atoms with van der Waals surface area (Å²) >= 11 is 0. The van der Waals surface area contributed by atoms with Crippen molar-refractivity contribution in [3.05, 3.63) is 29.8 Å². The molecule has 0 unspecified atom stereocenters. The fourth-order valence-electron chi connectivity index (χ4n) is 2.50. The van der Waals surface area contributed by atoms with Crippen LogP contribution in [0.25, 0.3) is 0 Å². The van der Waals surface area contributed by atoms with Gasteiger partial charge in [-0.05, 0) is 44.9 Å². The molecule has 0 bridgehead atoms. The monoisotopic (exact) mass is 297 g/mol. The summed E-state index contributed by atoms with van der Waals surface area (Å²) in [5, 5.41) is 0. The Balaban J connectivity index is 0.00000200. The molecule has 1 fully saturated rings. The molecule has 0 spiro atoms. The summed E-state index contributed by atoms with van der Waals surface area (Å²) < 4.78 is 0. The summed E-state index contributed by atoms with van der Waals surface area (Å²) in [5.74, 6) is 0. The molecule has 1 aromatic rings. The average molecular weight is 298 g/mol. The van der Waals surface area contributed by atoms with Gasteiger partial charge in [-0.25, -0.2) is 0 Å². The van der Waals surface area contributed by atoms with E-state index in [9.17, 15) is 0 Å². The number of nitrogens with zero attached hydrogens (tertiary/aromatic N) is 2. The molecule has 0 amide bonds. The first-order valence-electron chi connectivity index (χ1n) is 7.27. The maximum atomic E-state index is 6.05. The van der Waals surface area contributed by atoms with E-state index in [1.165, 1.54) is 11.3 Å². The van der Waals surface area contributed by atoms with Crippen molar-refractivity contribution in [1.82, 2.24) is 4.90 Å². The normalized spacial score (nSPS) is 16.9. The van der Waals surface area contributed by atoms with Crippen LogP contribution in [-0.2, 0) is 0 Å². The third-order valence-electron chi connectivity index (χ3n) is 3.81. The number of hydrogen-bond acceptors (Lipinski definition) is 3. The van der Waals surface area contributed by atoms with Gasteiger partial charge in [-0.1, -0.05) is 12.1 Å². The number of aryl methyl sites for hydroxylation is 1. The van der Waals surface area contributed by atoms with Crippen LogP contribution in [-0.4, -0.2) is 43.2 Å². The van der Waals surface area contributed by atoms with E-state index in [-0.39, 0.29) is 17.9 Å².